The number of rotatable bonds is 7. The van der Waals surface area contributed by atoms with Crippen LogP contribution in [0.2, 0.25) is 0 Å². The van der Waals surface area contributed by atoms with Crippen molar-refractivity contribution < 1.29 is 23.9 Å². The maximum atomic E-state index is 13.0. The van der Waals surface area contributed by atoms with Crippen LogP contribution in [-0.2, 0) is 16.0 Å². The molecule has 3 aromatic carbocycles. The third-order valence-electron chi connectivity index (χ3n) is 5.19. The minimum atomic E-state index is -1.19. The number of hydrogen-bond acceptors (Lipinski definition) is 5. The second-order valence-electron chi connectivity index (χ2n) is 7.27. The minimum absolute atomic E-state index is 0.0810. The monoisotopic (exact) mass is 491 g/mol. The van der Waals surface area contributed by atoms with Crippen LogP contribution in [0, 0.1) is 0 Å². The lowest BCUT2D eigenvalue weighted by Gasteiger charge is -2.24. The fraction of sp³-hybridized carbons (Fsp3) is 0.120. The average Bonchev–Trinajstić information content (AvgIpc) is 3.07. The van der Waals surface area contributed by atoms with Gasteiger partial charge in [-0.2, -0.15) is 0 Å². The Morgan fingerprint density at radius 1 is 0.812 bits per heavy atom. The van der Waals surface area contributed by atoms with Gasteiger partial charge in [-0.3, -0.25) is 19.3 Å². The summed E-state index contributed by atoms with van der Waals surface area (Å²) >= 11 is 3.30. The zero-order valence-corrected chi connectivity index (χ0v) is 18.4. The molecule has 0 spiro atoms. The Labute approximate surface area is 192 Å². The van der Waals surface area contributed by atoms with Gasteiger partial charge in [-0.1, -0.05) is 70.5 Å². The van der Waals surface area contributed by atoms with Crippen LogP contribution >= 0.6 is 15.9 Å². The highest BCUT2D eigenvalue weighted by molar-refractivity contribution is 9.10. The lowest BCUT2D eigenvalue weighted by Crippen LogP contribution is -2.47. The molecule has 160 valence electrons. The van der Waals surface area contributed by atoms with Crippen molar-refractivity contribution >= 4 is 39.5 Å². The summed E-state index contributed by atoms with van der Waals surface area (Å²) in [5.41, 5.74) is 1.63. The van der Waals surface area contributed by atoms with Crippen molar-refractivity contribution in [3.05, 3.63) is 106 Å². The molecule has 0 radical (unpaired) electrons. The number of carbonyl (C=O) groups excluding carboxylic acids is 4. The van der Waals surface area contributed by atoms with E-state index in [2.05, 4.69) is 15.9 Å². The fourth-order valence-corrected chi connectivity index (χ4v) is 3.82. The summed E-state index contributed by atoms with van der Waals surface area (Å²) in [5, 5.41) is 0. The second-order valence-corrected chi connectivity index (χ2v) is 8.18. The summed E-state index contributed by atoms with van der Waals surface area (Å²) in [6.07, 6.45) is 0.0810. The Hall–Kier alpha value is -3.58. The van der Waals surface area contributed by atoms with Gasteiger partial charge in [0.15, 0.2) is 12.4 Å². The molecule has 0 saturated carbocycles. The third kappa shape index (κ3) is 4.38. The second kappa shape index (κ2) is 9.28. The first-order valence-electron chi connectivity index (χ1n) is 9.92. The van der Waals surface area contributed by atoms with Crippen LogP contribution in [0.15, 0.2) is 83.3 Å². The van der Waals surface area contributed by atoms with E-state index in [1.165, 1.54) is 0 Å². The first-order chi connectivity index (χ1) is 15.5. The molecule has 0 saturated heterocycles. The third-order valence-corrected chi connectivity index (χ3v) is 5.72. The number of ketones is 1. The van der Waals surface area contributed by atoms with Crippen molar-refractivity contribution in [3.63, 3.8) is 0 Å². The normalized spacial score (nSPS) is 13.6. The van der Waals surface area contributed by atoms with Crippen molar-refractivity contribution in [1.82, 2.24) is 4.90 Å². The van der Waals surface area contributed by atoms with Crippen LogP contribution in [0.1, 0.15) is 36.6 Å². The van der Waals surface area contributed by atoms with E-state index >= 15 is 0 Å². The largest absolute Gasteiger partial charge is 0.456 e. The van der Waals surface area contributed by atoms with Gasteiger partial charge >= 0.3 is 5.97 Å². The molecular weight excluding hydrogens is 474 g/mol. The molecule has 1 aliphatic rings. The van der Waals surface area contributed by atoms with Crippen molar-refractivity contribution in [3.8, 4) is 0 Å². The fourth-order valence-electron chi connectivity index (χ4n) is 3.56. The maximum Gasteiger partial charge on any atom is 0.330 e. The molecule has 0 fully saturated rings. The molecule has 6 nitrogen and oxygen atoms in total. The van der Waals surface area contributed by atoms with Gasteiger partial charge in [-0.05, 0) is 29.8 Å². The number of fused-ring (bicyclic) bond motifs is 1. The van der Waals surface area contributed by atoms with Crippen LogP contribution < -0.4 is 0 Å². The van der Waals surface area contributed by atoms with Crippen LogP contribution in [-0.4, -0.2) is 41.1 Å². The molecule has 32 heavy (non-hydrogen) atoms. The first-order valence-corrected chi connectivity index (χ1v) is 10.7. The predicted octanol–water partition coefficient (Wildman–Crippen LogP) is 4.08. The molecule has 2 amide bonds. The molecule has 1 aliphatic heterocycles. The summed E-state index contributed by atoms with van der Waals surface area (Å²) in [6.45, 7) is -0.491. The standard InChI is InChI=1S/C25H18BrNO5/c26-18-12-10-17(11-13-18)22(28)15-32-25(31)21(14-16-6-2-1-3-7-16)27-23(29)19-8-4-5-9-20(19)24(27)30/h1-13,21H,14-15H2/t21-/m0/s1. The lowest BCUT2D eigenvalue weighted by molar-refractivity contribution is -0.147. The number of imide groups is 1. The van der Waals surface area contributed by atoms with E-state index in [0.29, 0.717) is 5.56 Å². The van der Waals surface area contributed by atoms with E-state index in [9.17, 15) is 19.2 Å². The molecule has 1 heterocycles. The molecule has 0 aliphatic carbocycles. The number of nitrogens with zero attached hydrogens (tertiary/aromatic N) is 1. The number of Topliss-reactive ketones (excluding diaryl/α,β-unsaturated/α-hetero) is 1. The van der Waals surface area contributed by atoms with Gasteiger partial charge < -0.3 is 4.74 Å². The number of halogens is 1. The zero-order chi connectivity index (χ0) is 22.7. The Morgan fingerprint density at radius 3 is 1.97 bits per heavy atom. The summed E-state index contributed by atoms with van der Waals surface area (Å²) in [7, 11) is 0. The molecule has 1 atom stereocenters. The smallest absolute Gasteiger partial charge is 0.330 e. The predicted molar refractivity (Wildman–Crippen MR) is 120 cm³/mol. The quantitative estimate of drug-likeness (QED) is 0.282. The summed E-state index contributed by atoms with van der Waals surface area (Å²) in [5.74, 6) is -2.30. The van der Waals surface area contributed by atoms with E-state index in [-0.39, 0.29) is 23.3 Å². The molecule has 4 rings (SSSR count). The zero-order valence-electron chi connectivity index (χ0n) is 16.9. The molecule has 0 N–H and O–H groups in total. The number of benzene rings is 3. The van der Waals surface area contributed by atoms with Gasteiger partial charge in [0, 0.05) is 16.5 Å². The van der Waals surface area contributed by atoms with Crippen molar-refractivity contribution in [2.75, 3.05) is 6.61 Å². The lowest BCUT2D eigenvalue weighted by atomic mass is 10.0. The van der Waals surface area contributed by atoms with Gasteiger partial charge in [0.1, 0.15) is 6.04 Å². The molecule has 0 unspecified atom stereocenters. The Morgan fingerprint density at radius 2 is 1.38 bits per heavy atom. The number of esters is 1. The van der Waals surface area contributed by atoms with E-state index in [1.54, 1.807) is 72.8 Å². The molecule has 3 aromatic rings. The highest BCUT2D eigenvalue weighted by atomic mass is 79.9. The van der Waals surface area contributed by atoms with Crippen LogP contribution in [0.4, 0.5) is 0 Å². The number of hydrogen-bond donors (Lipinski definition) is 0. The number of ether oxygens (including phenoxy) is 1. The van der Waals surface area contributed by atoms with E-state index in [1.807, 2.05) is 6.07 Å². The highest BCUT2D eigenvalue weighted by Gasteiger charge is 2.43. The first kappa shape index (κ1) is 21.6. The molecular formula is C25H18BrNO5. The summed E-state index contributed by atoms with van der Waals surface area (Å²) in [6, 6.07) is 20.9. The van der Waals surface area contributed by atoms with Crippen molar-refractivity contribution in [2.24, 2.45) is 0 Å². The van der Waals surface area contributed by atoms with Crippen molar-refractivity contribution in [1.29, 1.82) is 0 Å². The minimum Gasteiger partial charge on any atom is -0.456 e. The Balaban J connectivity index is 1.56. The Bertz CT molecular complexity index is 1160. The maximum absolute atomic E-state index is 13.0. The topological polar surface area (TPSA) is 80.8 Å². The van der Waals surface area contributed by atoms with E-state index in [0.717, 1.165) is 14.9 Å². The van der Waals surface area contributed by atoms with Gasteiger partial charge in [-0.15, -0.1) is 0 Å². The number of carbonyl (C=O) groups is 4. The SMILES string of the molecule is O=C(COC(=O)[C@H](Cc1ccccc1)N1C(=O)c2ccccc2C1=O)c1ccc(Br)cc1. The van der Waals surface area contributed by atoms with Crippen LogP contribution in [0.5, 0.6) is 0 Å². The molecule has 0 bridgehead atoms. The van der Waals surface area contributed by atoms with Crippen LogP contribution in [0.3, 0.4) is 0 Å². The Kier molecular flexibility index (Phi) is 6.28. The summed E-state index contributed by atoms with van der Waals surface area (Å²) in [4.78, 5) is 52.3. The molecule has 7 heteroatoms. The van der Waals surface area contributed by atoms with E-state index < -0.39 is 30.4 Å². The van der Waals surface area contributed by atoms with Gasteiger partial charge in [0.2, 0.25) is 0 Å². The van der Waals surface area contributed by atoms with Gasteiger partial charge in [0.05, 0.1) is 11.1 Å². The average molecular weight is 492 g/mol. The highest BCUT2D eigenvalue weighted by Crippen LogP contribution is 2.26. The van der Waals surface area contributed by atoms with Gasteiger partial charge in [0.25, 0.3) is 11.8 Å². The van der Waals surface area contributed by atoms with E-state index in [4.69, 9.17) is 4.74 Å². The van der Waals surface area contributed by atoms with Crippen molar-refractivity contribution in [2.45, 2.75) is 12.5 Å². The van der Waals surface area contributed by atoms with Crippen LogP contribution in [0.25, 0.3) is 0 Å². The van der Waals surface area contributed by atoms with Gasteiger partial charge in [-0.25, -0.2) is 4.79 Å². The molecule has 0 aromatic heterocycles. The summed E-state index contributed by atoms with van der Waals surface area (Å²) < 4.78 is 6.10. The number of amides is 2.